The lowest BCUT2D eigenvalue weighted by Crippen LogP contribution is -2.20. The molecule has 0 aromatic carbocycles. The van der Waals surface area contributed by atoms with Crippen LogP contribution >= 0.6 is 0 Å². The van der Waals surface area contributed by atoms with Gasteiger partial charge in [-0.15, -0.1) is 0 Å². The SMILES string of the molecule is CCCCCCC(C)/C=C\COC(=O)OC(C)C(C)C. The first-order valence-corrected chi connectivity index (χ1v) is 7.97. The van der Waals surface area contributed by atoms with Gasteiger partial charge in [0.1, 0.15) is 12.7 Å². The normalized spacial score (nSPS) is 14.5. The Hall–Kier alpha value is -0.990. The minimum Gasteiger partial charge on any atom is -0.431 e. The number of carbonyl (C=O) groups excluding carboxylic acids is 1. The van der Waals surface area contributed by atoms with Gasteiger partial charge in [0.15, 0.2) is 0 Å². The minimum atomic E-state index is -0.577. The second kappa shape index (κ2) is 11.8. The number of allylic oxidation sites excluding steroid dienone is 1. The second-order valence-electron chi connectivity index (χ2n) is 5.88. The molecule has 0 rings (SSSR count). The molecule has 0 aromatic heterocycles. The number of unbranched alkanes of at least 4 members (excludes halogenated alkanes) is 3. The molecule has 0 aromatic rings. The third kappa shape index (κ3) is 10.9. The monoisotopic (exact) mass is 284 g/mol. The van der Waals surface area contributed by atoms with Crippen LogP contribution in [0.4, 0.5) is 4.79 Å². The van der Waals surface area contributed by atoms with Crippen molar-refractivity contribution in [1.29, 1.82) is 0 Å². The lowest BCUT2D eigenvalue weighted by Gasteiger charge is -2.15. The predicted molar refractivity (Wildman–Crippen MR) is 83.8 cm³/mol. The van der Waals surface area contributed by atoms with Gasteiger partial charge in [-0.25, -0.2) is 4.79 Å². The highest BCUT2D eigenvalue weighted by Crippen LogP contribution is 2.11. The van der Waals surface area contributed by atoms with Crippen LogP contribution in [0.2, 0.25) is 0 Å². The van der Waals surface area contributed by atoms with Gasteiger partial charge < -0.3 is 9.47 Å². The maximum atomic E-state index is 11.4. The van der Waals surface area contributed by atoms with Crippen LogP contribution in [0.5, 0.6) is 0 Å². The molecule has 3 nitrogen and oxygen atoms in total. The standard InChI is InChI=1S/C17H32O3/c1-6-7-8-9-11-15(4)12-10-13-19-17(18)20-16(5)14(2)3/h10,12,14-16H,6-9,11,13H2,1-5H3/b12-10-. The Bertz CT molecular complexity index is 271. The molecule has 2 unspecified atom stereocenters. The van der Waals surface area contributed by atoms with Gasteiger partial charge in [0, 0.05) is 0 Å². The predicted octanol–water partition coefficient (Wildman–Crippen LogP) is 5.35. The Kier molecular flexibility index (Phi) is 11.2. The molecule has 0 aliphatic rings. The van der Waals surface area contributed by atoms with E-state index in [0.717, 1.165) is 0 Å². The zero-order valence-electron chi connectivity index (χ0n) is 13.9. The zero-order chi connectivity index (χ0) is 15.4. The molecule has 3 heteroatoms. The summed E-state index contributed by atoms with van der Waals surface area (Å²) in [5.41, 5.74) is 0. The van der Waals surface area contributed by atoms with Crippen molar-refractivity contribution in [2.75, 3.05) is 6.61 Å². The van der Waals surface area contributed by atoms with Gasteiger partial charge in [0.25, 0.3) is 0 Å². The lowest BCUT2D eigenvalue weighted by molar-refractivity contribution is 0.0203. The van der Waals surface area contributed by atoms with E-state index in [2.05, 4.69) is 19.9 Å². The summed E-state index contributed by atoms with van der Waals surface area (Å²) < 4.78 is 10.1. The van der Waals surface area contributed by atoms with Gasteiger partial charge in [-0.05, 0) is 25.2 Å². The number of hydrogen-bond acceptors (Lipinski definition) is 3. The topological polar surface area (TPSA) is 35.5 Å². The fraction of sp³-hybridized carbons (Fsp3) is 0.824. The fourth-order valence-electron chi connectivity index (χ4n) is 1.72. The van der Waals surface area contributed by atoms with E-state index in [1.165, 1.54) is 32.1 Å². The quantitative estimate of drug-likeness (QED) is 0.308. The van der Waals surface area contributed by atoms with Crippen molar-refractivity contribution < 1.29 is 14.3 Å². The van der Waals surface area contributed by atoms with E-state index < -0.39 is 6.16 Å². The molecule has 0 amide bonds. The van der Waals surface area contributed by atoms with Crippen molar-refractivity contribution in [1.82, 2.24) is 0 Å². The van der Waals surface area contributed by atoms with E-state index in [4.69, 9.17) is 9.47 Å². The summed E-state index contributed by atoms with van der Waals surface area (Å²) in [6.45, 7) is 10.6. The summed E-state index contributed by atoms with van der Waals surface area (Å²) in [5, 5.41) is 0. The van der Waals surface area contributed by atoms with Crippen molar-refractivity contribution in [3.63, 3.8) is 0 Å². The van der Waals surface area contributed by atoms with Gasteiger partial charge in [-0.2, -0.15) is 0 Å². The Labute approximate surface area is 124 Å². The van der Waals surface area contributed by atoms with Crippen LogP contribution in [0.1, 0.15) is 66.7 Å². The van der Waals surface area contributed by atoms with Gasteiger partial charge in [0.2, 0.25) is 0 Å². The highest BCUT2D eigenvalue weighted by molar-refractivity contribution is 5.60. The molecule has 2 atom stereocenters. The van der Waals surface area contributed by atoms with Gasteiger partial charge in [0.05, 0.1) is 0 Å². The Balaban J connectivity index is 3.66. The lowest BCUT2D eigenvalue weighted by atomic mass is 10.0. The van der Waals surface area contributed by atoms with E-state index in [1.807, 2.05) is 26.8 Å². The van der Waals surface area contributed by atoms with Gasteiger partial charge in [-0.3, -0.25) is 0 Å². The molecular weight excluding hydrogens is 252 g/mol. The minimum absolute atomic E-state index is 0.107. The average Bonchev–Trinajstić information content (AvgIpc) is 2.39. The molecule has 0 radical (unpaired) electrons. The van der Waals surface area contributed by atoms with Crippen LogP contribution in [0.25, 0.3) is 0 Å². The number of hydrogen-bond donors (Lipinski definition) is 0. The summed E-state index contributed by atoms with van der Waals surface area (Å²) in [5.74, 6) is 0.849. The van der Waals surface area contributed by atoms with Crippen molar-refractivity contribution >= 4 is 6.16 Å². The summed E-state index contributed by atoms with van der Waals surface area (Å²) in [7, 11) is 0. The van der Waals surface area contributed by atoms with E-state index >= 15 is 0 Å². The van der Waals surface area contributed by atoms with E-state index in [1.54, 1.807) is 0 Å². The second-order valence-corrected chi connectivity index (χ2v) is 5.88. The van der Waals surface area contributed by atoms with E-state index in [-0.39, 0.29) is 6.10 Å². The summed E-state index contributed by atoms with van der Waals surface area (Å²) >= 11 is 0. The van der Waals surface area contributed by atoms with Crippen molar-refractivity contribution in [3.05, 3.63) is 12.2 Å². The summed E-state index contributed by atoms with van der Waals surface area (Å²) in [6, 6.07) is 0. The average molecular weight is 284 g/mol. The van der Waals surface area contributed by atoms with Crippen LogP contribution in [0, 0.1) is 11.8 Å². The molecule has 0 N–H and O–H groups in total. The fourth-order valence-corrected chi connectivity index (χ4v) is 1.72. The summed E-state index contributed by atoms with van der Waals surface area (Å²) in [4.78, 5) is 11.4. The molecule has 0 bridgehead atoms. The highest BCUT2D eigenvalue weighted by Gasteiger charge is 2.13. The van der Waals surface area contributed by atoms with E-state index in [9.17, 15) is 4.79 Å². The molecule has 20 heavy (non-hydrogen) atoms. The molecule has 118 valence electrons. The van der Waals surface area contributed by atoms with Crippen LogP contribution in [0.3, 0.4) is 0 Å². The molecule has 0 saturated carbocycles. The Morgan fingerprint density at radius 2 is 1.80 bits per heavy atom. The molecule has 0 heterocycles. The maximum Gasteiger partial charge on any atom is 0.508 e. The first kappa shape index (κ1) is 19.0. The van der Waals surface area contributed by atoms with Crippen molar-refractivity contribution in [3.8, 4) is 0 Å². The largest absolute Gasteiger partial charge is 0.508 e. The number of ether oxygens (including phenoxy) is 2. The molecule has 0 saturated heterocycles. The molecular formula is C17H32O3. The zero-order valence-corrected chi connectivity index (χ0v) is 13.9. The highest BCUT2D eigenvalue weighted by atomic mass is 16.7. The first-order chi connectivity index (χ1) is 9.47. The van der Waals surface area contributed by atoms with Crippen LogP contribution in [0.15, 0.2) is 12.2 Å². The smallest absolute Gasteiger partial charge is 0.431 e. The molecule has 0 fully saturated rings. The third-order valence-corrected chi connectivity index (χ3v) is 3.50. The van der Waals surface area contributed by atoms with Crippen molar-refractivity contribution in [2.45, 2.75) is 72.8 Å². The summed E-state index contributed by atoms with van der Waals surface area (Å²) in [6.07, 6.45) is 9.71. The number of rotatable bonds is 10. The molecule has 0 aliphatic heterocycles. The van der Waals surface area contributed by atoms with Gasteiger partial charge >= 0.3 is 6.16 Å². The maximum absolute atomic E-state index is 11.4. The molecule has 0 aliphatic carbocycles. The first-order valence-electron chi connectivity index (χ1n) is 7.97. The Morgan fingerprint density at radius 1 is 1.10 bits per heavy atom. The van der Waals surface area contributed by atoms with Gasteiger partial charge in [-0.1, -0.05) is 65.5 Å². The van der Waals surface area contributed by atoms with E-state index in [0.29, 0.717) is 18.4 Å². The Morgan fingerprint density at radius 3 is 2.40 bits per heavy atom. The third-order valence-electron chi connectivity index (χ3n) is 3.50. The van der Waals surface area contributed by atoms with Crippen LogP contribution < -0.4 is 0 Å². The number of carbonyl (C=O) groups is 1. The van der Waals surface area contributed by atoms with Crippen LogP contribution in [-0.2, 0) is 9.47 Å². The van der Waals surface area contributed by atoms with Crippen molar-refractivity contribution in [2.24, 2.45) is 11.8 Å². The van der Waals surface area contributed by atoms with Crippen LogP contribution in [-0.4, -0.2) is 18.9 Å². The molecule has 0 spiro atoms.